The summed E-state index contributed by atoms with van der Waals surface area (Å²) in [5.41, 5.74) is 0.351. The Bertz CT molecular complexity index is 433. The number of nitriles is 1. The fourth-order valence-corrected chi connectivity index (χ4v) is 2.63. The third-order valence-corrected chi connectivity index (χ3v) is 3.55. The highest BCUT2D eigenvalue weighted by molar-refractivity contribution is 6.35. The number of nitrogens with zero attached hydrogens (tertiary/aromatic N) is 1. The maximum absolute atomic E-state index is 9.39. The average molecular weight is 256 g/mol. The van der Waals surface area contributed by atoms with Crippen molar-refractivity contribution in [2.75, 3.05) is 13.2 Å². The van der Waals surface area contributed by atoms with E-state index in [1.807, 2.05) is 6.07 Å². The van der Waals surface area contributed by atoms with Crippen LogP contribution in [0.25, 0.3) is 0 Å². The molecule has 0 amide bonds. The molecule has 1 heterocycles. The van der Waals surface area contributed by atoms with Gasteiger partial charge in [-0.15, -0.1) is 0 Å². The van der Waals surface area contributed by atoms with Crippen molar-refractivity contribution in [2.24, 2.45) is 0 Å². The normalized spacial score (nSPS) is 19.1. The van der Waals surface area contributed by atoms with E-state index in [0.717, 1.165) is 5.56 Å². The van der Waals surface area contributed by atoms with Crippen molar-refractivity contribution >= 4 is 23.2 Å². The molecule has 0 N–H and O–H groups in total. The topological polar surface area (TPSA) is 33.0 Å². The van der Waals surface area contributed by atoms with Crippen LogP contribution in [0.3, 0.4) is 0 Å². The molecule has 16 heavy (non-hydrogen) atoms. The first-order valence-electron chi connectivity index (χ1n) is 5.12. The number of ether oxygens (including phenoxy) is 1. The van der Waals surface area contributed by atoms with Crippen LogP contribution in [-0.2, 0) is 10.2 Å². The maximum atomic E-state index is 9.39. The van der Waals surface area contributed by atoms with E-state index in [1.165, 1.54) is 0 Å². The molecule has 0 aromatic heterocycles. The van der Waals surface area contributed by atoms with Crippen LogP contribution in [0.4, 0.5) is 0 Å². The van der Waals surface area contributed by atoms with Crippen LogP contribution in [0.15, 0.2) is 18.2 Å². The van der Waals surface area contributed by atoms with Gasteiger partial charge in [-0.3, -0.25) is 0 Å². The van der Waals surface area contributed by atoms with Crippen LogP contribution in [0, 0.1) is 11.3 Å². The third-order valence-electron chi connectivity index (χ3n) is 3.01. The van der Waals surface area contributed by atoms with Crippen molar-refractivity contribution in [1.29, 1.82) is 5.26 Å². The number of rotatable bonds is 1. The lowest BCUT2D eigenvalue weighted by Crippen LogP contribution is -2.32. The summed E-state index contributed by atoms with van der Waals surface area (Å²) in [6.45, 7) is 1.21. The van der Waals surface area contributed by atoms with E-state index < -0.39 is 5.41 Å². The van der Waals surface area contributed by atoms with E-state index in [0.29, 0.717) is 36.1 Å². The molecule has 0 aliphatic carbocycles. The van der Waals surface area contributed by atoms with Gasteiger partial charge in [0.15, 0.2) is 0 Å². The molecule has 1 saturated heterocycles. The zero-order chi connectivity index (χ0) is 11.6. The first-order chi connectivity index (χ1) is 7.68. The monoisotopic (exact) mass is 255 g/mol. The van der Waals surface area contributed by atoms with Gasteiger partial charge in [-0.2, -0.15) is 5.26 Å². The molecule has 2 rings (SSSR count). The Labute approximate surface area is 105 Å². The van der Waals surface area contributed by atoms with Crippen molar-refractivity contribution in [3.63, 3.8) is 0 Å². The minimum absolute atomic E-state index is 0.514. The Balaban J connectivity index is 2.44. The second kappa shape index (κ2) is 4.63. The van der Waals surface area contributed by atoms with Crippen molar-refractivity contribution in [2.45, 2.75) is 18.3 Å². The van der Waals surface area contributed by atoms with Gasteiger partial charge in [-0.05, 0) is 30.5 Å². The van der Waals surface area contributed by atoms with Gasteiger partial charge in [-0.1, -0.05) is 29.3 Å². The van der Waals surface area contributed by atoms with Crippen LogP contribution in [0.5, 0.6) is 0 Å². The van der Waals surface area contributed by atoms with Crippen molar-refractivity contribution in [1.82, 2.24) is 0 Å². The van der Waals surface area contributed by atoms with Gasteiger partial charge in [0.05, 0.1) is 11.5 Å². The Morgan fingerprint density at radius 2 is 1.94 bits per heavy atom. The molecule has 0 radical (unpaired) electrons. The van der Waals surface area contributed by atoms with Crippen molar-refractivity contribution in [3.8, 4) is 6.07 Å². The molecular formula is C12H11Cl2NO. The highest BCUT2D eigenvalue weighted by atomic mass is 35.5. The molecule has 1 aliphatic rings. The molecule has 0 spiro atoms. The quantitative estimate of drug-likeness (QED) is 0.769. The van der Waals surface area contributed by atoms with Gasteiger partial charge in [0.1, 0.15) is 0 Å². The summed E-state index contributed by atoms with van der Waals surface area (Å²) in [6.07, 6.45) is 1.37. The van der Waals surface area contributed by atoms with E-state index in [1.54, 1.807) is 12.1 Å². The molecule has 4 heteroatoms. The van der Waals surface area contributed by atoms with E-state index in [9.17, 15) is 5.26 Å². The lowest BCUT2D eigenvalue weighted by molar-refractivity contribution is 0.0676. The van der Waals surface area contributed by atoms with Gasteiger partial charge in [0, 0.05) is 23.3 Å². The SMILES string of the molecule is N#CC1(c2ccc(Cl)cc2Cl)CCOCC1. The molecule has 0 unspecified atom stereocenters. The van der Waals surface area contributed by atoms with Crippen molar-refractivity contribution < 1.29 is 4.74 Å². The largest absolute Gasteiger partial charge is 0.381 e. The molecule has 2 nitrogen and oxygen atoms in total. The molecule has 0 atom stereocenters. The summed E-state index contributed by atoms with van der Waals surface area (Å²) in [5.74, 6) is 0. The predicted octanol–water partition coefficient (Wildman–Crippen LogP) is 3.57. The van der Waals surface area contributed by atoms with Crippen LogP contribution < -0.4 is 0 Å². The summed E-state index contributed by atoms with van der Waals surface area (Å²) in [5, 5.41) is 10.5. The first kappa shape index (κ1) is 11.7. The standard InChI is InChI=1S/C12H11Cl2NO/c13-9-1-2-10(11(14)7-9)12(8-15)3-5-16-6-4-12/h1-2,7H,3-6H2. The van der Waals surface area contributed by atoms with Crippen LogP contribution in [0.1, 0.15) is 18.4 Å². The maximum Gasteiger partial charge on any atom is 0.0880 e. The number of hydrogen-bond donors (Lipinski definition) is 0. The van der Waals surface area contributed by atoms with Gasteiger partial charge in [0.25, 0.3) is 0 Å². The molecule has 1 fully saturated rings. The lowest BCUT2D eigenvalue weighted by Gasteiger charge is -2.31. The summed E-state index contributed by atoms with van der Waals surface area (Å²) in [7, 11) is 0. The molecule has 0 saturated carbocycles. The molecule has 1 aromatic rings. The highest BCUT2D eigenvalue weighted by Crippen LogP contribution is 2.38. The summed E-state index contributed by atoms with van der Waals surface area (Å²) in [6, 6.07) is 7.70. The lowest BCUT2D eigenvalue weighted by atomic mass is 9.75. The van der Waals surface area contributed by atoms with Gasteiger partial charge >= 0.3 is 0 Å². The van der Waals surface area contributed by atoms with E-state index in [-0.39, 0.29) is 0 Å². The minimum atomic E-state index is -0.514. The van der Waals surface area contributed by atoms with Gasteiger partial charge < -0.3 is 4.74 Å². The third kappa shape index (κ3) is 2.04. The van der Waals surface area contributed by atoms with Crippen LogP contribution >= 0.6 is 23.2 Å². The van der Waals surface area contributed by atoms with E-state index in [4.69, 9.17) is 27.9 Å². The van der Waals surface area contributed by atoms with Crippen LogP contribution in [-0.4, -0.2) is 13.2 Å². The Morgan fingerprint density at radius 3 is 2.50 bits per heavy atom. The second-order valence-electron chi connectivity index (χ2n) is 3.93. The van der Waals surface area contributed by atoms with Crippen molar-refractivity contribution in [3.05, 3.63) is 33.8 Å². The predicted molar refractivity (Wildman–Crippen MR) is 63.8 cm³/mol. The highest BCUT2D eigenvalue weighted by Gasteiger charge is 2.36. The fourth-order valence-electron chi connectivity index (χ4n) is 2.04. The summed E-state index contributed by atoms with van der Waals surface area (Å²) >= 11 is 12.0. The summed E-state index contributed by atoms with van der Waals surface area (Å²) < 4.78 is 5.29. The average Bonchev–Trinajstić information content (AvgIpc) is 2.30. The second-order valence-corrected chi connectivity index (χ2v) is 4.77. The molecule has 1 aromatic carbocycles. The Morgan fingerprint density at radius 1 is 1.25 bits per heavy atom. The van der Waals surface area contributed by atoms with Crippen LogP contribution in [0.2, 0.25) is 10.0 Å². The summed E-state index contributed by atoms with van der Waals surface area (Å²) in [4.78, 5) is 0. The molecule has 0 bridgehead atoms. The zero-order valence-corrected chi connectivity index (χ0v) is 10.2. The molecule has 1 aliphatic heterocycles. The molecule has 84 valence electrons. The number of benzene rings is 1. The number of hydrogen-bond acceptors (Lipinski definition) is 2. The smallest absolute Gasteiger partial charge is 0.0880 e. The Kier molecular flexibility index (Phi) is 3.39. The Hall–Kier alpha value is -0.750. The zero-order valence-electron chi connectivity index (χ0n) is 8.67. The first-order valence-corrected chi connectivity index (χ1v) is 5.88. The van der Waals surface area contributed by atoms with E-state index in [2.05, 4.69) is 6.07 Å². The van der Waals surface area contributed by atoms with E-state index >= 15 is 0 Å². The van der Waals surface area contributed by atoms with Gasteiger partial charge in [0.2, 0.25) is 0 Å². The minimum Gasteiger partial charge on any atom is -0.381 e. The number of halogens is 2. The molecular weight excluding hydrogens is 245 g/mol. The fraction of sp³-hybridized carbons (Fsp3) is 0.417. The van der Waals surface area contributed by atoms with Gasteiger partial charge in [-0.25, -0.2) is 0 Å².